The maximum absolute atomic E-state index is 5.87. The van der Waals surface area contributed by atoms with Crippen LogP contribution in [0.2, 0.25) is 5.02 Å². The highest BCUT2D eigenvalue weighted by Gasteiger charge is 2.06. The largest absolute Gasteiger partial charge is 0.481 e. The van der Waals surface area contributed by atoms with E-state index in [0.717, 1.165) is 18.4 Å². The van der Waals surface area contributed by atoms with Crippen molar-refractivity contribution in [2.75, 3.05) is 0 Å². The van der Waals surface area contributed by atoms with Crippen molar-refractivity contribution in [2.24, 2.45) is 0 Å². The molecule has 0 aliphatic heterocycles. The van der Waals surface area contributed by atoms with Crippen LogP contribution in [0, 0.1) is 11.8 Å². The standard InChI is InChI=1S/C17H21ClO/c1-3-5-6-7-8-9-10-17(19-4-2)15-11-13-16(18)14-12-15/h4,11-14,17H,2-3,5-8H2,1H3. The van der Waals surface area contributed by atoms with Gasteiger partial charge in [0.2, 0.25) is 0 Å². The highest BCUT2D eigenvalue weighted by atomic mass is 35.5. The van der Waals surface area contributed by atoms with E-state index >= 15 is 0 Å². The Kier molecular flexibility index (Phi) is 7.86. The van der Waals surface area contributed by atoms with Crippen molar-refractivity contribution >= 4 is 11.6 Å². The Morgan fingerprint density at radius 1 is 1.26 bits per heavy atom. The summed E-state index contributed by atoms with van der Waals surface area (Å²) in [6, 6.07) is 7.56. The lowest BCUT2D eigenvalue weighted by atomic mass is 10.1. The number of hydrogen-bond donors (Lipinski definition) is 0. The maximum atomic E-state index is 5.87. The molecule has 19 heavy (non-hydrogen) atoms. The van der Waals surface area contributed by atoms with Gasteiger partial charge in [0.1, 0.15) is 0 Å². The van der Waals surface area contributed by atoms with Gasteiger partial charge in [-0.05, 0) is 18.6 Å². The average molecular weight is 277 g/mol. The van der Waals surface area contributed by atoms with Gasteiger partial charge in [0.25, 0.3) is 0 Å². The number of unbranched alkanes of at least 4 members (excludes halogenated alkanes) is 4. The molecule has 2 heteroatoms. The molecule has 1 aromatic carbocycles. The molecule has 0 saturated carbocycles. The first-order valence-electron chi connectivity index (χ1n) is 6.78. The van der Waals surface area contributed by atoms with Crippen LogP contribution in [0.4, 0.5) is 0 Å². The molecule has 0 aliphatic rings. The van der Waals surface area contributed by atoms with Crippen LogP contribution in [-0.4, -0.2) is 0 Å². The van der Waals surface area contributed by atoms with Gasteiger partial charge in [-0.15, -0.1) is 0 Å². The molecule has 0 heterocycles. The predicted molar refractivity (Wildman–Crippen MR) is 82.0 cm³/mol. The quantitative estimate of drug-likeness (QED) is 0.362. The van der Waals surface area contributed by atoms with Crippen LogP contribution >= 0.6 is 11.6 Å². The lowest BCUT2D eigenvalue weighted by Crippen LogP contribution is -1.97. The number of hydrogen-bond acceptors (Lipinski definition) is 1. The third kappa shape index (κ3) is 6.36. The van der Waals surface area contributed by atoms with Gasteiger partial charge in [0.05, 0.1) is 6.26 Å². The van der Waals surface area contributed by atoms with Gasteiger partial charge in [-0.25, -0.2) is 0 Å². The van der Waals surface area contributed by atoms with Crippen LogP contribution in [-0.2, 0) is 4.74 Å². The molecule has 0 saturated heterocycles. The number of halogens is 1. The van der Waals surface area contributed by atoms with E-state index in [9.17, 15) is 0 Å². The summed E-state index contributed by atoms with van der Waals surface area (Å²) in [4.78, 5) is 0. The van der Waals surface area contributed by atoms with Crippen LogP contribution in [0.3, 0.4) is 0 Å². The van der Waals surface area contributed by atoms with E-state index in [1.54, 1.807) is 0 Å². The molecule has 0 N–H and O–H groups in total. The summed E-state index contributed by atoms with van der Waals surface area (Å²) in [5.41, 5.74) is 1.00. The zero-order valence-corrected chi connectivity index (χ0v) is 12.2. The minimum Gasteiger partial charge on any atom is -0.481 e. The third-order valence-corrected chi connectivity index (χ3v) is 3.05. The Bertz CT molecular complexity index is 425. The first-order valence-corrected chi connectivity index (χ1v) is 7.16. The second kappa shape index (κ2) is 9.53. The molecule has 102 valence electrons. The number of ether oxygens (including phenoxy) is 1. The minimum absolute atomic E-state index is 0.249. The van der Waals surface area contributed by atoms with Gasteiger partial charge in [0.15, 0.2) is 6.10 Å². The highest BCUT2D eigenvalue weighted by molar-refractivity contribution is 6.30. The zero-order valence-electron chi connectivity index (χ0n) is 11.5. The second-order valence-corrected chi connectivity index (χ2v) is 4.80. The third-order valence-electron chi connectivity index (χ3n) is 2.79. The van der Waals surface area contributed by atoms with E-state index in [2.05, 4.69) is 25.3 Å². The fraction of sp³-hybridized carbons (Fsp3) is 0.412. The van der Waals surface area contributed by atoms with Crippen molar-refractivity contribution in [1.29, 1.82) is 0 Å². The SMILES string of the molecule is C=COC(C#CCCCCCC)c1ccc(Cl)cc1. The normalized spacial score (nSPS) is 11.3. The van der Waals surface area contributed by atoms with Crippen molar-refractivity contribution < 1.29 is 4.74 Å². The van der Waals surface area contributed by atoms with Crippen LogP contribution in [0.1, 0.15) is 50.7 Å². The van der Waals surface area contributed by atoms with E-state index in [-0.39, 0.29) is 6.10 Å². The Labute approximate surface area is 121 Å². The summed E-state index contributed by atoms with van der Waals surface area (Å²) >= 11 is 5.87. The summed E-state index contributed by atoms with van der Waals surface area (Å²) in [5.74, 6) is 6.33. The Hall–Kier alpha value is -1.39. The molecule has 1 aromatic rings. The monoisotopic (exact) mass is 276 g/mol. The smallest absolute Gasteiger partial charge is 0.183 e. The van der Waals surface area contributed by atoms with Crippen molar-refractivity contribution in [2.45, 2.75) is 45.1 Å². The summed E-state index contributed by atoms with van der Waals surface area (Å²) in [7, 11) is 0. The Morgan fingerprint density at radius 3 is 2.63 bits per heavy atom. The van der Waals surface area contributed by atoms with Gasteiger partial charge >= 0.3 is 0 Å². The molecule has 0 aromatic heterocycles. The first-order chi connectivity index (χ1) is 9.27. The topological polar surface area (TPSA) is 9.23 Å². The molecule has 1 unspecified atom stereocenters. The number of benzene rings is 1. The van der Waals surface area contributed by atoms with E-state index < -0.39 is 0 Å². The zero-order chi connectivity index (χ0) is 13.9. The summed E-state index contributed by atoms with van der Waals surface area (Å²) in [6.45, 7) is 5.80. The summed E-state index contributed by atoms with van der Waals surface area (Å²) in [6.07, 6.45) is 7.05. The average Bonchev–Trinajstić information content (AvgIpc) is 2.42. The Balaban J connectivity index is 2.55. The van der Waals surface area contributed by atoms with Crippen molar-refractivity contribution in [3.05, 3.63) is 47.7 Å². The van der Waals surface area contributed by atoms with Gasteiger partial charge in [-0.2, -0.15) is 0 Å². The van der Waals surface area contributed by atoms with E-state index in [1.165, 1.54) is 25.5 Å². The van der Waals surface area contributed by atoms with E-state index in [1.807, 2.05) is 24.3 Å². The second-order valence-electron chi connectivity index (χ2n) is 4.37. The molecule has 0 spiro atoms. The molecular formula is C17H21ClO. The van der Waals surface area contributed by atoms with Crippen molar-refractivity contribution in [3.8, 4) is 11.8 Å². The molecule has 0 radical (unpaired) electrons. The summed E-state index contributed by atoms with van der Waals surface area (Å²) in [5, 5.41) is 0.716. The minimum atomic E-state index is -0.249. The van der Waals surface area contributed by atoms with E-state index in [0.29, 0.717) is 5.02 Å². The molecule has 1 atom stereocenters. The van der Waals surface area contributed by atoms with Gasteiger partial charge in [-0.3, -0.25) is 0 Å². The van der Waals surface area contributed by atoms with Crippen LogP contribution in [0.25, 0.3) is 0 Å². The lowest BCUT2D eigenvalue weighted by molar-refractivity contribution is 0.199. The van der Waals surface area contributed by atoms with Crippen molar-refractivity contribution in [1.82, 2.24) is 0 Å². The number of rotatable bonds is 7. The molecular weight excluding hydrogens is 256 g/mol. The van der Waals surface area contributed by atoms with Crippen molar-refractivity contribution in [3.63, 3.8) is 0 Å². The lowest BCUT2D eigenvalue weighted by Gasteiger charge is -2.10. The van der Waals surface area contributed by atoms with E-state index in [4.69, 9.17) is 16.3 Å². The fourth-order valence-corrected chi connectivity index (χ4v) is 1.86. The molecule has 0 bridgehead atoms. The van der Waals surface area contributed by atoms with Gasteiger partial charge in [0, 0.05) is 17.0 Å². The van der Waals surface area contributed by atoms with Gasteiger partial charge in [-0.1, -0.05) is 68.3 Å². The van der Waals surface area contributed by atoms with Crippen LogP contribution < -0.4 is 0 Å². The first kappa shape index (κ1) is 15.7. The van der Waals surface area contributed by atoms with Crippen LogP contribution in [0.15, 0.2) is 37.1 Å². The predicted octanol–water partition coefficient (Wildman–Crippen LogP) is 5.52. The fourth-order valence-electron chi connectivity index (χ4n) is 1.73. The molecule has 1 rings (SSSR count). The maximum Gasteiger partial charge on any atom is 0.183 e. The summed E-state index contributed by atoms with van der Waals surface area (Å²) < 4.78 is 5.44. The Morgan fingerprint density at radius 2 is 2.00 bits per heavy atom. The molecule has 1 nitrogen and oxygen atoms in total. The molecule has 0 amide bonds. The van der Waals surface area contributed by atoms with Crippen LogP contribution in [0.5, 0.6) is 0 Å². The molecule has 0 aliphatic carbocycles. The molecule has 0 fully saturated rings. The van der Waals surface area contributed by atoms with Gasteiger partial charge < -0.3 is 4.74 Å². The highest BCUT2D eigenvalue weighted by Crippen LogP contribution is 2.19.